The normalized spacial score (nSPS) is 10.2. The predicted molar refractivity (Wildman–Crippen MR) is 60.1 cm³/mol. The Kier molecular flexibility index (Phi) is 4.78. The molecule has 0 saturated carbocycles. The maximum Gasteiger partial charge on any atom is 0.146 e. The van der Waals surface area contributed by atoms with Crippen molar-refractivity contribution in [3.05, 3.63) is 17.0 Å². The van der Waals surface area contributed by atoms with Crippen molar-refractivity contribution in [1.29, 1.82) is 0 Å². The van der Waals surface area contributed by atoms with E-state index >= 15 is 0 Å². The molecule has 4 N–H and O–H groups in total. The molecule has 0 bridgehead atoms. The van der Waals surface area contributed by atoms with Gasteiger partial charge in [0, 0.05) is 32.4 Å². The van der Waals surface area contributed by atoms with Crippen LogP contribution in [0.5, 0.6) is 0 Å². The van der Waals surface area contributed by atoms with Crippen LogP contribution in [0, 0.1) is 0 Å². The molecule has 1 aromatic heterocycles. The molecule has 0 aliphatic carbocycles. The highest BCUT2D eigenvalue weighted by Crippen LogP contribution is 2.20. The second-order valence-electron chi connectivity index (χ2n) is 2.76. The molecule has 0 radical (unpaired) electrons. The highest BCUT2D eigenvalue weighted by Gasteiger charge is 2.09. The van der Waals surface area contributed by atoms with Gasteiger partial charge in [-0.05, 0) is 15.9 Å². The summed E-state index contributed by atoms with van der Waals surface area (Å²) in [5.74, 6) is 0.843. The molecule has 0 amide bonds. The Labute approximate surface area is 91.6 Å². The van der Waals surface area contributed by atoms with Crippen LogP contribution in [0.3, 0.4) is 0 Å². The number of hydrogen-bond acceptors (Lipinski definition) is 5. The molecule has 0 aliphatic rings. The minimum atomic E-state index is 0.580. The maximum atomic E-state index is 5.51. The largest absolute Gasteiger partial charge is 0.353 e. The summed E-state index contributed by atoms with van der Waals surface area (Å²) in [6.07, 6.45) is 3.22. The summed E-state index contributed by atoms with van der Waals surface area (Å²) < 4.78 is 0.863. The van der Waals surface area contributed by atoms with Gasteiger partial charge in [-0.1, -0.05) is 0 Å². The molecule has 6 heteroatoms. The van der Waals surface area contributed by atoms with Gasteiger partial charge in [0.15, 0.2) is 0 Å². The van der Waals surface area contributed by atoms with E-state index in [9.17, 15) is 0 Å². The van der Waals surface area contributed by atoms with Crippen molar-refractivity contribution in [1.82, 2.24) is 9.97 Å². The third-order valence-electron chi connectivity index (χ3n) is 1.75. The zero-order valence-electron chi connectivity index (χ0n) is 7.86. The first-order valence-electron chi connectivity index (χ1n) is 4.40. The summed E-state index contributed by atoms with van der Waals surface area (Å²) in [6, 6.07) is 0. The number of nitrogens with two attached hydrogens (primary N) is 2. The van der Waals surface area contributed by atoms with Gasteiger partial charge >= 0.3 is 0 Å². The lowest BCUT2D eigenvalue weighted by Gasteiger charge is -2.22. The molecule has 0 fully saturated rings. The Hall–Kier alpha value is -0.720. The summed E-state index contributed by atoms with van der Waals surface area (Å²) in [5, 5.41) is 0. The van der Waals surface area contributed by atoms with E-state index < -0.39 is 0 Å². The highest BCUT2D eigenvalue weighted by atomic mass is 79.9. The van der Waals surface area contributed by atoms with Gasteiger partial charge in [-0.15, -0.1) is 0 Å². The van der Waals surface area contributed by atoms with E-state index in [4.69, 9.17) is 11.5 Å². The predicted octanol–water partition coefficient (Wildman–Crippen LogP) is -0.0371. The minimum absolute atomic E-state index is 0.580. The van der Waals surface area contributed by atoms with E-state index in [2.05, 4.69) is 25.9 Å². The second-order valence-corrected chi connectivity index (χ2v) is 3.61. The Bertz CT molecular complexity index is 274. The molecule has 5 nitrogen and oxygen atoms in total. The molecule has 1 aromatic rings. The first-order valence-corrected chi connectivity index (χ1v) is 5.19. The van der Waals surface area contributed by atoms with Crippen molar-refractivity contribution in [3.8, 4) is 0 Å². The van der Waals surface area contributed by atoms with Gasteiger partial charge in [0.2, 0.25) is 0 Å². The molecule has 0 atom stereocenters. The van der Waals surface area contributed by atoms with Gasteiger partial charge in [0.1, 0.15) is 12.1 Å². The molecule has 0 aromatic carbocycles. The summed E-state index contributed by atoms with van der Waals surface area (Å²) in [4.78, 5) is 10.1. The Morgan fingerprint density at radius 1 is 1.29 bits per heavy atom. The number of hydrogen-bond donors (Lipinski definition) is 2. The molecule has 0 aliphatic heterocycles. The van der Waals surface area contributed by atoms with Crippen molar-refractivity contribution in [2.24, 2.45) is 11.5 Å². The van der Waals surface area contributed by atoms with E-state index in [0.717, 1.165) is 23.4 Å². The van der Waals surface area contributed by atoms with Crippen LogP contribution in [-0.4, -0.2) is 36.1 Å². The lowest BCUT2D eigenvalue weighted by molar-refractivity contribution is 0.765. The fraction of sp³-hybridized carbons (Fsp3) is 0.500. The number of halogens is 1. The topological polar surface area (TPSA) is 81.1 Å². The van der Waals surface area contributed by atoms with Crippen LogP contribution in [0.4, 0.5) is 5.82 Å². The first kappa shape index (κ1) is 11.4. The summed E-state index contributed by atoms with van der Waals surface area (Å²) in [6.45, 7) is 2.65. The van der Waals surface area contributed by atoms with E-state index in [1.54, 1.807) is 6.20 Å². The van der Waals surface area contributed by atoms with Crippen LogP contribution >= 0.6 is 15.9 Å². The zero-order valence-corrected chi connectivity index (χ0v) is 9.44. The first-order chi connectivity index (χ1) is 6.79. The fourth-order valence-electron chi connectivity index (χ4n) is 1.17. The van der Waals surface area contributed by atoms with Gasteiger partial charge in [-0.3, -0.25) is 0 Å². The van der Waals surface area contributed by atoms with Gasteiger partial charge < -0.3 is 16.4 Å². The SMILES string of the molecule is NCCN(CCN)c1ncncc1Br. The lowest BCUT2D eigenvalue weighted by Crippen LogP contribution is -2.34. The molecule has 0 spiro atoms. The average molecular weight is 260 g/mol. The number of anilines is 1. The summed E-state index contributed by atoms with van der Waals surface area (Å²) in [7, 11) is 0. The molecule has 78 valence electrons. The van der Waals surface area contributed by atoms with Crippen LogP contribution in [0.1, 0.15) is 0 Å². The molecule has 0 unspecified atom stereocenters. The minimum Gasteiger partial charge on any atom is -0.353 e. The molecular formula is C8H14BrN5. The van der Waals surface area contributed by atoms with Gasteiger partial charge in [-0.25, -0.2) is 9.97 Å². The monoisotopic (exact) mass is 259 g/mol. The maximum absolute atomic E-state index is 5.51. The average Bonchev–Trinajstić information content (AvgIpc) is 2.18. The van der Waals surface area contributed by atoms with E-state index in [1.165, 1.54) is 6.33 Å². The molecule has 1 heterocycles. The van der Waals surface area contributed by atoms with Crippen molar-refractivity contribution in [2.75, 3.05) is 31.1 Å². The van der Waals surface area contributed by atoms with Gasteiger partial charge in [0.05, 0.1) is 4.47 Å². The van der Waals surface area contributed by atoms with Crippen molar-refractivity contribution < 1.29 is 0 Å². The third-order valence-corrected chi connectivity index (χ3v) is 2.31. The van der Waals surface area contributed by atoms with Gasteiger partial charge in [-0.2, -0.15) is 0 Å². The van der Waals surface area contributed by atoms with Gasteiger partial charge in [0.25, 0.3) is 0 Å². The molecule has 14 heavy (non-hydrogen) atoms. The van der Waals surface area contributed by atoms with Crippen molar-refractivity contribution in [3.63, 3.8) is 0 Å². The molecular weight excluding hydrogens is 246 g/mol. The standard InChI is InChI=1S/C8H14BrN5/c9-7-5-12-6-13-8(7)14(3-1-10)4-2-11/h5-6H,1-4,10-11H2. The van der Waals surface area contributed by atoms with E-state index in [-0.39, 0.29) is 0 Å². The van der Waals surface area contributed by atoms with Crippen LogP contribution < -0.4 is 16.4 Å². The van der Waals surface area contributed by atoms with Crippen LogP contribution in [0.25, 0.3) is 0 Å². The smallest absolute Gasteiger partial charge is 0.146 e. The fourth-order valence-corrected chi connectivity index (χ4v) is 1.65. The molecule has 1 rings (SSSR count). The van der Waals surface area contributed by atoms with E-state index in [1.807, 2.05) is 4.90 Å². The number of nitrogens with zero attached hydrogens (tertiary/aromatic N) is 3. The van der Waals surface area contributed by atoms with Crippen LogP contribution in [-0.2, 0) is 0 Å². The lowest BCUT2D eigenvalue weighted by atomic mass is 10.4. The Morgan fingerprint density at radius 2 is 1.93 bits per heavy atom. The second kappa shape index (κ2) is 5.90. The summed E-state index contributed by atoms with van der Waals surface area (Å²) >= 11 is 3.39. The van der Waals surface area contributed by atoms with Crippen molar-refractivity contribution in [2.45, 2.75) is 0 Å². The number of aromatic nitrogens is 2. The van der Waals surface area contributed by atoms with Crippen LogP contribution in [0.15, 0.2) is 17.0 Å². The zero-order chi connectivity index (χ0) is 10.4. The summed E-state index contributed by atoms with van der Waals surface area (Å²) in [5.41, 5.74) is 11.0. The Morgan fingerprint density at radius 3 is 2.43 bits per heavy atom. The van der Waals surface area contributed by atoms with E-state index in [0.29, 0.717) is 13.1 Å². The quantitative estimate of drug-likeness (QED) is 0.776. The molecule has 0 saturated heterocycles. The van der Waals surface area contributed by atoms with Crippen molar-refractivity contribution >= 4 is 21.7 Å². The number of rotatable bonds is 5. The third kappa shape index (κ3) is 2.90. The Balaban J connectivity index is 2.81. The highest BCUT2D eigenvalue weighted by molar-refractivity contribution is 9.10. The van der Waals surface area contributed by atoms with Crippen LogP contribution in [0.2, 0.25) is 0 Å².